The van der Waals surface area contributed by atoms with Gasteiger partial charge in [-0.3, -0.25) is 19.0 Å². The van der Waals surface area contributed by atoms with Gasteiger partial charge in [0, 0.05) is 24.3 Å². The molecule has 1 aliphatic rings. The normalized spacial score (nSPS) is 15.5. The van der Waals surface area contributed by atoms with Crippen molar-refractivity contribution in [1.29, 1.82) is 0 Å². The number of ether oxygens (including phenoxy) is 1. The molecule has 2 aromatic carbocycles. The molecule has 35 heavy (non-hydrogen) atoms. The Morgan fingerprint density at radius 1 is 1.20 bits per heavy atom. The van der Waals surface area contributed by atoms with Crippen LogP contribution in [0.3, 0.4) is 0 Å². The summed E-state index contributed by atoms with van der Waals surface area (Å²) in [6.45, 7) is 7.52. The number of nitrogens with zero attached hydrogens (tertiary/aromatic N) is 2. The number of rotatable bonds is 9. The minimum atomic E-state index is -0.196. The Morgan fingerprint density at radius 3 is 2.77 bits per heavy atom. The van der Waals surface area contributed by atoms with Crippen molar-refractivity contribution < 1.29 is 14.3 Å². The summed E-state index contributed by atoms with van der Waals surface area (Å²) in [4.78, 5) is 43.7. The number of thioether (sulfide) groups is 1. The van der Waals surface area contributed by atoms with Gasteiger partial charge in [0.25, 0.3) is 11.5 Å². The fourth-order valence-corrected chi connectivity index (χ4v) is 5.08. The molecule has 0 spiro atoms. The summed E-state index contributed by atoms with van der Waals surface area (Å²) in [5.74, 6) is -0.0509. The summed E-state index contributed by atoms with van der Waals surface area (Å²) in [5.41, 5.74) is 3.35. The van der Waals surface area contributed by atoms with Crippen LogP contribution in [0.4, 0.5) is 0 Å². The molecule has 7 nitrogen and oxygen atoms in total. The summed E-state index contributed by atoms with van der Waals surface area (Å²) in [6, 6.07) is 10.8. The largest absolute Gasteiger partial charge is 0.376 e. The number of ketones is 1. The summed E-state index contributed by atoms with van der Waals surface area (Å²) in [7, 11) is 0. The van der Waals surface area contributed by atoms with Crippen molar-refractivity contribution in [2.24, 2.45) is 0 Å². The van der Waals surface area contributed by atoms with Crippen LogP contribution in [0, 0.1) is 13.8 Å². The zero-order valence-corrected chi connectivity index (χ0v) is 21.2. The van der Waals surface area contributed by atoms with E-state index in [1.807, 2.05) is 39.0 Å². The third kappa shape index (κ3) is 5.82. The van der Waals surface area contributed by atoms with Crippen LogP contribution in [0.2, 0.25) is 0 Å². The van der Waals surface area contributed by atoms with E-state index in [1.54, 1.807) is 22.8 Å². The number of aryl methyl sites for hydroxylation is 2. The van der Waals surface area contributed by atoms with Crippen LogP contribution < -0.4 is 10.9 Å². The average Bonchev–Trinajstić information content (AvgIpc) is 3.37. The molecule has 1 aliphatic heterocycles. The molecule has 184 valence electrons. The lowest BCUT2D eigenvalue weighted by atomic mass is 10.0. The number of Topliss-reactive ketones (excluding diaryl/α,β-unsaturated/α-hetero) is 1. The van der Waals surface area contributed by atoms with Crippen LogP contribution in [-0.4, -0.2) is 46.2 Å². The van der Waals surface area contributed by atoms with Crippen LogP contribution in [0.5, 0.6) is 0 Å². The zero-order valence-electron chi connectivity index (χ0n) is 20.4. The second kappa shape index (κ2) is 11.2. The van der Waals surface area contributed by atoms with Crippen molar-refractivity contribution in [3.8, 4) is 0 Å². The van der Waals surface area contributed by atoms with E-state index in [1.165, 1.54) is 11.8 Å². The average molecular weight is 494 g/mol. The van der Waals surface area contributed by atoms with Gasteiger partial charge in [-0.1, -0.05) is 36.4 Å². The Bertz CT molecular complexity index is 1310. The lowest BCUT2D eigenvalue weighted by Crippen LogP contribution is -2.29. The molecule has 1 fully saturated rings. The Morgan fingerprint density at radius 2 is 2.03 bits per heavy atom. The van der Waals surface area contributed by atoms with Gasteiger partial charge < -0.3 is 10.1 Å². The van der Waals surface area contributed by atoms with Crippen LogP contribution >= 0.6 is 11.8 Å². The maximum atomic E-state index is 13.5. The highest BCUT2D eigenvalue weighted by Gasteiger charge is 2.22. The lowest BCUT2D eigenvalue weighted by molar-refractivity contribution is 0.0937. The highest BCUT2D eigenvalue weighted by molar-refractivity contribution is 7.99. The van der Waals surface area contributed by atoms with E-state index in [2.05, 4.69) is 5.32 Å². The number of nitrogens with one attached hydrogen (secondary N) is 1. The van der Waals surface area contributed by atoms with Gasteiger partial charge in [0.15, 0.2) is 10.9 Å². The van der Waals surface area contributed by atoms with E-state index in [-0.39, 0.29) is 29.1 Å². The van der Waals surface area contributed by atoms with Crippen LogP contribution in [0.1, 0.15) is 58.0 Å². The Kier molecular flexibility index (Phi) is 8.03. The van der Waals surface area contributed by atoms with Gasteiger partial charge in [0.05, 0.1) is 29.3 Å². The number of amides is 1. The van der Waals surface area contributed by atoms with Crippen molar-refractivity contribution in [2.45, 2.75) is 57.8 Å². The fraction of sp³-hybridized carbons (Fsp3) is 0.407. The Hall–Kier alpha value is -2.97. The first-order chi connectivity index (χ1) is 16.9. The molecular weight excluding hydrogens is 462 g/mol. The predicted octanol–water partition coefficient (Wildman–Crippen LogP) is 4.31. The number of benzene rings is 2. The molecule has 8 heteroatoms. The maximum absolute atomic E-state index is 13.5. The van der Waals surface area contributed by atoms with E-state index in [0.29, 0.717) is 46.9 Å². The van der Waals surface area contributed by atoms with Gasteiger partial charge in [-0.25, -0.2) is 4.98 Å². The van der Waals surface area contributed by atoms with Crippen LogP contribution in [0.25, 0.3) is 10.9 Å². The summed E-state index contributed by atoms with van der Waals surface area (Å²) < 4.78 is 7.40. The predicted molar refractivity (Wildman–Crippen MR) is 139 cm³/mol. The molecule has 4 rings (SSSR count). The van der Waals surface area contributed by atoms with E-state index >= 15 is 0 Å². The molecule has 0 bridgehead atoms. The lowest BCUT2D eigenvalue weighted by Gasteiger charge is -2.17. The molecule has 0 unspecified atom stereocenters. The number of aromatic nitrogens is 2. The second-order valence-corrected chi connectivity index (χ2v) is 9.91. The van der Waals surface area contributed by atoms with Crippen molar-refractivity contribution in [1.82, 2.24) is 14.9 Å². The molecule has 3 aromatic rings. The first kappa shape index (κ1) is 25.1. The van der Waals surface area contributed by atoms with Crippen molar-refractivity contribution >= 4 is 34.4 Å². The second-order valence-electron chi connectivity index (χ2n) is 8.96. The molecule has 2 heterocycles. The van der Waals surface area contributed by atoms with Crippen LogP contribution in [-0.2, 0) is 11.3 Å². The minimum absolute atomic E-state index is 0.0121. The molecule has 1 N–H and O–H groups in total. The zero-order chi connectivity index (χ0) is 24.9. The minimum Gasteiger partial charge on any atom is -0.376 e. The highest BCUT2D eigenvalue weighted by Crippen LogP contribution is 2.23. The molecule has 0 radical (unpaired) electrons. The summed E-state index contributed by atoms with van der Waals surface area (Å²) in [6.07, 6.45) is 2.62. The third-order valence-electron chi connectivity index (χ3n) is 6.15. The standard InChI is InChI=1S/C27H31N3O4S/c1-4-11-28-25(32)19-9-10-21-23(14-19)29-27(30(26(21)33)15-20-6-5-12-34-20)35-16-24(31)22-13-17(2)7-8-18(22)3/h7-10,13-14,20H,4-6,11-12,15-16H2,1-3H3,(H,28,32)/t20-/m1/s1. The molecule has 0 saturated carbocycles. The van der Waals surface area contributed by atoms with Crippen LogP contribution in [0.15, 0.2) is 46.3 Å². The van der Waals surface area contributed by atoms with Gasteiger partial charge in [-0.05, 0) is 62.9 Å². The summed E-state index contributed by atoms with van der Waals surface area (Å²) in [5, 5.41) is 3.76. The number of hydrogen-bond donors (Lipinski definition) is 1. The van der Waals surface area contributed by atoms with Crippen molar-refractivity contribution in [3.63, 3.8) is 0 Å². The molecule has 1 amide bonds. The highest BCUT2D eigenvalue weighted by atomic mass is 32.2. The van der Waals surface area contributed by atoms with Gasteiger partial charge in [0.2, 0.25) is 0 Å². The molecule has 1 aromatic heterocycles. The molecule has 1 atom stereocenters. The quantitative estimate of drug-likeness (QED) is 0.271. The fourth-order valence-electron chi connectivity index (χ4n) is 4.19. The smallest absolute Gasteiger partial charge is 0.262 e. The number of carbonyl (C=O) groups is 2. The van der Waals surface area contributed by atoms with Crippen molar-refractivity contribution in [3.05, 3.63) is 69.0 Å². The number of hydrogen-bond acceptors (Lipinski definition) is 6. The number of carbonyl (C=O) groups excluding carboxylic acids is 2. The topological polar surface area (TPSA) is 90.3 Å². The first-order valence-electron chi connectivity index (χ1n) is 12.0. The van der Waals surface area contributed by atoms with E-state index in [4.69, 9.17) is 9.72 Å². The first-order valence-corrected chi connectivity index (χ1v) is 13.0. The molecule has 0 aliphatic carbocycles. The third-order valence-corrected chi connectivity index (χ3v) is 7.13. The SMILES string of the molecule is CCCNC(=O)c1ccc2c(=O)n(C[C@H]3CCCO3)c(SCC(=O)c3cc(C)ccc3C)nc2c1. The van der Waals surface area contributed by atoms with E-state index in [0.717, 1.165) is 30.4 Å². The number of fused-ring (bicyclic) bond motifs is 1. The Labute approximate surface area is 209 Å². The van der Waals surface area contributed by atoms with Crippen molar-refractivity contribution in [2.75, 3.05) is 18.9 Å². The molecular formula is C27H31N3O4S. The van der Waals surface area contributed by atoms with E-state index < -0.39 is 0 Å². The summed E-state index contributed by atoms with van der Waals surface area (Å²) >= 11 is 1.25. The van der Waals surface area contributed by atoms with Gasteiger partial charge in [-0.15, -0.1) is 0 Å². The van der Waals surface area contributed by atoms with Gasteiger partial charge >= 0.3 is 0 Å². The monoisotopic (exact) mass is 493 g/mol. The van der Waals surface area contributed by atoms with Gasteiger partial charge in [-0.2, -0.15) is 0 Å². The van der Waals surface area contributed by atoms with E-state index in [9.17, 15) is 14.4 Å². The maximum Gasteiger partial charge on any atom is 0.262 e. The van der Waals surface area contributed by atoms with Gasteiger partial charge in [0.1, 0.15) is 0 Å². The Balaban J connectivity index is 1.68. The molecule has 1 saturated heterocycles.